The van der Waals surface area contributed by atoms with Gasteiger partial charge >= 0.3 is 0 Å². The van der Waals surface area contributed by atoms with Crippen molar-refractivity contribution >= 4 is 0 Å². The van der Waals surface area contributed by atoms with Crippen molar-refractivity contribution in [3.05, 3.63) is 22.8 Å². The molecule has 2 aliphatic heterocycles. The van der Waals surface area contributed by atoms with Crippen LogP contribution in [0.15, 0.2) is 22.8 Å². The van der Waals surface area contributed by atoms with Gasteiger partial charge in [0, 0.05) is 5.41 Å². The maximum absolute atomic E-state index is 10.5. The van der Waals surface area contributed by atoms with Crippen LogP contribution in [0.3, 0.4) is 0 Å². The molecule has 6 nitrogen and oxygen atoms in total. The normalized spacial score (nSPS) is 49.7. The van der Waals surface area contributed by atoms with Crippen LogP contribution in [0.25, 0.3) is 0 Å². The zero-order valence-electron chi connectivity index (χ0n) is 19.2. The third kappa shape index (κ3) is 3.21. The number of hydrogen-bond acceptors (Lipinski definition) is 6. The van der Waals surface area contributed by atoms with E-state index >= 15 is 0 Å². The Morgan fingerprint density at radius 3 is 2.61 bits per heavy atom. The molecule has 0 radical (unpaired) electrons. The molecule has 3 aliphatic carbocycles. The van der Waals surface area contributed by atoms with Gasteiger partial charge in [0.15, 0.2) is 6.29 Å². The first-order valence-electron chi connectivity index (χ1n) is 12.0. The van der Waals surface area contributed by atoms with E-state index in [1.165, 1.54) is 12.8 Å². The molecule has 1 saturated carbocycles. The lowest BCUT2D eigenvalue weighted by Crippen LogP contribution is -2.65. The summed E-state index contributed by atoms with van der Waals surface area (Å²) in [6.45, 7) is 9.31. The second-order valence-electron chi connectivity index (χ2n) is 11.2. The fourth-order valence-electron chi connectivity index (χ4n) is 7.16. The third-order valence-corrected chi connectivity index (χ3v) is 9.10. The fraction of sp³-hybridized carbons (Fsp3) is 0.840. The van der Waals surface area contributed by atoms with Crippen molar-refractivity contribution in [3.8, 4) is 0 Å². The lowest BCUT2D eigenvalue weighted by atomic mass is 9.54. The molecule has 6 heteroatoms. The van der Waals surface area contributed by atoms with Crippen LogP contribution < -0.4 is 0 Å². The predicted octanol–water partition coefficient (Wildman–Crippen LogP) is 2.71. The van der Waals surface area contributed by atoms with Crippen molar-refractivity contribution in [2.24, 2.45) is 22.7 Å². The van der Waals surface area contributed by atoms with Gasteiger partial charge in [0.25, 0.3) is 0 Å². The van der Waals surface area contributed by atoms with E-state index < -0.39 is 30.7 Å². The van der Waals surface area contributed by atoms with Crippen molar-refractivity contribution in [3.63, 3.8) is 0 Å². The number of fused-ring (bicyclic) bond motifs is 6. The molecule has 174 valence electrons. The van der Waals surface area contributed by atoms with Crippen molar-refractivity contribution < 1.29 is 29.5 Å². The van der Waals surface area contributed by atoms with E-state index in [4.69, 9.17) is 14.2 Å². The Bertz CT molecular complexity index is 789. The van der Waals surface area contributed by atoms with E-state index in [9.17, 15) is 15.3 Å². The molecule has 0 amide bonds. The summed E-state index contributed by atoms with van der Waals surface area (Å²) in [5, 5.41) is 30.8. The van der Waals surface area contributed by atoms with Gasteiger partial charge in [-0.1, -0.05) is 44.9 Å². The summed E-state index contributed by atoms with van der Waals surface area (Å²) in [6.07, 6.45) is 3.34. The summed E-state index contributed by atoms with van der Waals surface area (Å²) < 4.78 is 18.7. The maximum atomic E-state index is 10.5. The van der Waals surface area contributed by atoms with E-state index in [1.807, 2.05) is 0 Å². The van der Waals surface area contributed by atoms with E-state index in [0.717, 1.165) is 24.8 Å². The topological polar surface area (TPSA) is 88.4 Å². The first-order valence-corrected chi connectivity index (χ1v) is 12.0. The van der Waals surface area contributed by atoms with Crippen LogP contribution >= 0.6 is 0 Å². The molecule has 0 spiro atoms. The molecule has 0 aromatic carbocycles. The molecular weight excluding hydrogens is 396 g/mol. The summed E-state index contributed by atoms with van der Waals surface area (Å²) >= 11 is 0. The summed E-state index contributed by atoms with van der Waals surface area (Å²) in [6, 6.07) is 0. The molecule has 0 aromatic heterocycles. The average Bonchev–Trinajstić information content (AvgIpc) is 3.04. The standard InChI is InChI=1S/C25H38O6/c1-13(2)15-7-8-24(3)9-10-25(4)16(18(15)24)6-5-14(11-26)20-22(25)31-23-21(30-20)19(28)17(27)12-29-23/h5,13,16-17,19-23,26-28H,6-12H2,1-4H3/t16-,17-,19+,20-,21-,22+,23?,24-,25-/m1/s1. The fourth-order valence-corrected chi connectivity index (χ4v) is 7.16. The number of aliphatic hydroxyl groups is 3. The summed E-state index contributed by atoms with van der Waals surface area (Å²) in [4.78, 5) is 0. The Labute approximate surface area is 185 Å². The molecule has 5 aliphatic rings. The van der Waals surface area contributed by atoms with Gasteiger partial charge < -0.3 is 29.5 Å². The van der Waals surface area contributed by atoms with E-state index in [1.54, 1.807) is 11.1 Å². The van der Waals surface area contributed by atoms with Crippen LogP contribution in [0.1, 0.15) is 59.8 Å². The highest BCUT2D eigenvalue weighted by Gasteiger charge is 2.60. The van der Waals surface area contributed by atoms with Gasteiger partial charge in [0.1, 0.15) is 24.4 Å². The molecule has 2 heterocycles. The van der Waals surface area contributed by atoms with E-state index in [-0.39, 0.29) is 30.1 Å². The molecular formula is C25H38O6. The lowest BCUT2D eigenvalue weighted by Gasteiger charge is -2.56. The molecule has 9 atom stereocenters. The molecule has 0 aromatic rings. The van der Waals surface area contributed by atoms with Gasteiger partial charge in [-0.3, -0.25) is 0 Å². The van der Waals surface area contributed by atoms with Crippen LogP contribution in [-0.2, 0) is 14.2 Å². The summed E-state index contributed by atoms with van der Waals surface area (Å²) in [5.74, 6) is 0.868. The largest absolute Gasteiger partial charge is 0.392 e. The summed E-state index contributed by atoms with van der Waals surface area (Å²) in [5.41, 5.74) is 4.13. The monoisotopic (exact) mass is 434 g/mol. The maximum Gasteiger partial charge on any atom is 0.187 e. The second-order valence-corrected chi connectivity index (χ2v) is 11.2. The number of aliphatic hydroxyl groups excluding tert-OH is 3. The van der Waals surface area contributed by atoms with Crippen molar-refractivity contribution in [1.82, 2.24) is 0 Å². The Morgan fingerprint density at radius 2 is 1.90 bits per heavy atom. The predicted molar refractivity (Wildman–Crippen MR) is 115 cm³/mol. The smallest absolute Gasteiger partial charge is 0.187 e. The molecule has 3 N–H and O–H groups in total. The quantitative estimate of drug-likeness (QED) is 0.579. The molecule has 3 fully saturated rings. The van der Waals surface area contributed by atoms with Gasteiger partial charge in [-0.15, -0.1) is 0 Å². The minimum atomic E-state index is -1.06. The Kier molecular flexibility index (Phi) is 5.44. The van der Waals surface area contributed by atoms with E-state index in [2.05, 4.69) is 33.8 Å². The van der Waals surface area contributed by atoms with Crippen molar-refractivity contribution in [2.45, 2.75) is 96.6 Å². The van der Waals surface area contributed by atoms with Gasteiger partial charge in [0.2, 0.25) is 0 Å². The Balaban J connectivity index is 1.57. The summed E-state index contributed by atoms with van der Waals surface area (Å²) in [7, 11) is 0. The number of rotatable bonds is 2. The number of allylic oxidation sites excluding steroid dienone is 3. The van der Waals surface area contributed by atoms with Crippen LogP contribution in [0.4, 0.5) is 0 Å². The molecule has 31 heavy (non-hydrogen) atoms. The highest BCUT2D eigenvalue weighted by molar-refractivity contribution is 5.37. The molecule has 1 unspecified atom stereocenters. The van der Waals surface area contributed by atoms with Gasteiger partial charge in [-0.25, -0.2) is 0 Å². The van der Waals surface area contributed by atoms with E-state index in [0.29, 0.717) is 11.8 Å². The zero-order valence-corrected chi connectivity index (χ0v) is 19.2. The second kappa shape index (κ2) is 7.64. The van der Waals surface area contributed by atoms with Crippen LogP contribution in [0.5, 0.6) is 0 Å². The third-order valence-electron chi connectivity index (χ3n) is 9.10. The van der Waals surface area contributed by atoms with Crippen LogP contribution in [-0.4, -0.2) is 65.3 Å². The SMILES string of the molecule is CC(C)C1=C2[C@H]3CC=C(CO)[C@H]4O[C@H]5C(OC[C@@H](O)[C@@H]5O)O[C@@H]4[C@]3(C)CC[C@@]2(C)CC1. The van der Waals surface area contributed by atoms with Gasteiger partial charge in [-0.2, -0.15) is 0 Å². The molecule has 2 saturated heterocycles. The number of hydrogen-bond donors (Lipinski definition) is 3. The van der Waals surface area contributed by atoms with Crippen LogP contribution in [0, 0.1) is 22.7 Å². The molecule has 5 rings (SSSR count). The zero-order chi connectivity index (χ0) is 22.1. The van der Waals surface area contributed by atoms with Gasteiger partial charge in [0.05, 0.1) is 19.3 Å². The number of ether oxygens (including phenoxy) is 3. The minimum absolute atomic E-state index is 0.0344. The van der Waals surface area contributed by atoms with Gasteiger partial charge in [-0.05, 0) is 54.9 Å². The highest BCUT2D eigenvalue weighted by Crippen LogP contribution is 2.64. The lowest BCUT2D eigenvalue weighted by molar-refractivity contribution is -0.359. The molecule has 0 bridgehead atoms. The Hall–Kier alpha value is -0.760. The van der Waals surface area contributed by atoms with Crippen molar-refractivity contribution in [1.29, 1.82) is 0 Å². The highest BCUT2D eigenvalue weighted by atomic mass is 16.7. The Morgan fingerprint density at radius 1 is 1.13 bits per heavy atom. The first-order chi connectivity index (χ1) is 14.7. The van der Waals surface area contributed by atoms with Crippen LogP contribution in [0.2, 0.25) is 0 Å². The first kappa shape index (κ1) is 22.1. The minimum Gasteiger partial charge on any atom is -0.392 e. The average molecular weight is 435 g/mol. The van der Waals surface area contributed by atoms with Crippen molar-refractivity contribution in [2.75, 3.05) is 13.2 Å².